The number of halogens is 1. The number of imidazole rings is 1. The highest BCUT2D eigenvalue weighted by Gasteiger charge is 2.21. The molecule has 2 aromatic rings. The van der Waals surface area contributed by atoms with Gasteiger partial charge in [0.2, 0.25) is 5.88 Å². The van der Waals surface area contributed by atoms with Gasteiger partial charge in [0, 0.05) is 24.9 Å². The van der Waals surface area contributed by atoms with E-state index in [1.54, 1.807) is 7.11 Å². The van der Waals surface area contributed by atoms with Crippen LogP contribution in [-0.2, 0) is 13.0 Å². The number of hydrogen-bond acceptors (Lipinski definition) is 3. The number of aryl methyl sites for hydroxylation is 1. The Morgan fingerprint density at radius 2 is 2.21 bits per heavy atom. The van der Waals surface area contributed by atoms with Gasteiger partial charge >= 0.3 is 0 Å². The maximum absolute atomic E-state index is 5.88. The van der Waals surface area contributed by atoms with E-state index < -0.39 is 0 Å². The number of fused-ring (bicyclic) bond motifs is 1. The van der Waals surface area contributed by atoms with Gasteiger partial charge in [-0.3, -0.25) is 0 Å². The Morgan fingerprint density at radius 3 is 2.84 bits per heavy atom. The maximum atomic E-state index is 5.88. The molecule has 4 nitrogen and oxygen atoms in total. The van der Waals surface area contributed by atoms with E-state index in [-0.39, 0.29) is 0 Å². The molecule has 0 radical (unpaired) electrons. The predicted octanol–water partition coefficient (Wildman–Crippen LogP) is 3.02. The van der Waals surface area contributed by atoms with Crippen molar-refractivity contribution in [1.29, 1.82) is 0 Å². The summed E-state index contributed by atoms with van der Waals surface area (Å²) in [5, 5.41) is 0. The molecule has 0 aliphatic heterocycles. The van der Waals surface area contributed by atoms with Gasteiger partial charge in [0.15, 0.2) is 5.65 Å². The zero-order chi connectivity index (χ0) is 13.2. The molecule has 0 amide bonds. The summed E-state index contributed by atoms with van der Waals surface area (Å²) in [6, 6.07) is 3.82. The molecule has 2 heterocycles. The largest absolute Gasteiger partial charge is 0.481 e. The van der Waals surface area contributed by atoms with Crippen LogP contribution in [0.15, 0.2) is 12.1 Å². The lowest BCUT2D eigenvalue weighted by Crippen LogP contribution is -2.20. The Morgan fingerprint density at radius 1 is 1.37 bits per heavy atom. The molecule has 5 heteroatoms. The van der Waals surface area contributed by atoms with E-state index in [4.69, 9.17) is 16.3 Å². The fraction of sp³-hybridized carbons (Fsp3) is 0.571. The summed E-state index contributed by atoms with van der Waals surface area (Å²) < 4.78 is 7.44. The average Bonchev–Trinajstić information content (AvgIpc) is 2.71. The number of rotatable bonds is 5. The van der Waals surface area contributed by atoms with Crippen molar-refractivity contribution in [3.63, 3.8) is 0 Å². The van der Waals surface area contributed by atoms with Crippen molar-refractivity contribution in [2.75, 3.05) is 13.0 Å². The summed E-state index contributed by atoms with van der Waals surface area (Å²) in [5.74, 6) is 3.03. The van der Waals surface area contributed by atoms with E-state index in [2.05, 4.69) is 14.5 Å². The first kappa shape index (κ1) is 12.7. The number of nitrogens with zero attached hydrogens (tertiary/aromatic N) is 3. The number of hydrogen-bond donors (Lipinski definition) is 0. The molecule has 1 aliphatic carbocycles. The number of methoxy groups -OCH3 is 1. The summed E-state index contributed by atoms with van der Waals surface area (Å²) in [7, 11) is 1.64. The summed E-state index contributed by atoms with van der Waals surface area (Å²) in [4.78, 5) is 9.19. The van der Waals surface area contributed by atoms with Crippen molar-refractivity contribution < 1.29 is 4.74 Å². The monoisotopic (exact) mass is 279 g/mol. The van der Waals surface area contributed by atoms with E-state index in [9.17, 15) is 0 Å². The zero-order valence-corrected chi connectivity index (χ0v) is 11.9. The summed E-state index contributed by atoms with van der Waals surface area (Å²) >= 11 is 5.88. The number of aromatic nitrogens is 3. The highest BCUT2D eigenvalue weighted by Crippen LogP contribution is 2.30. The molecule has 19 heavy (non-hydrogen) atoms. The van der Waals surface area contributed by atoms with Crippen molar-refractivity contribution in [2.45, 2.75) is 32.2 Å². The SMILES string of the molecule is COc1ccc2nc(CCCl)n(CC3CCC3)c2n1. The molecule has 0 spiro atoms. The molecule has 0 bridgehead atoms. The van der Waals surface area contributed by atoms with Gasteiger partial charge in [-0.05, 0) is 24.8 Å². The Hall–Kier alpha value is -1.29. The quantitative estimate of drug-likeness (QED) is 0.790. The normalized spacial score (nSPS) is 15.7. The Kier molecular flexibility index (Phi) is 3.60. The van der Waals surface area contributed by atoms with Gasteiger partial charge in [0.05, 0.1) is 7.11 Å². The Labute approximate surface area is 117 Å². The van der Waals surface area contributed by atoms with Gasteiger partial charge in [0.25, 0.3) is 0 Å². The van der Waals surface area contributed by atoms with Crippen molar-refractivity contribution in [2.24, 2.45) is 5.92 Å². The van der Waals surface area contributed by atoms with Gasteiger partial charge in [-0.25, -0.2) is 4.98 Å². The minimum Gasteiger partial charge on any atom is -0.481 e. The molecular weight excluding hydrogens is 262 g/mol. The third kappa shape index (κ3) is 2.41. The predicted molar refractivity (Wildman–Crippen MR) is 75.8 cm³/mol. The fourth-order valence-corrected chi connectivity index (χ4v) is 2.71. The van der Waals surface area contributed by atoms with Crippen molar-refractivity contribution in [3.05, 3.63) is 18.0 Å². The first-order valence-corrected chi connectivity index (χ1v) is 7.31. The van der Waals surface area contributed by atoms with E-state index >= 15 is 0 Å². The van der Waals surface area contributed by atoms with Crippen LogP contribution in [0.1, 0.15) is 25.1 Å². The second-order valence-electron chi connectivity index (χ2n) is 5.07. The van der Waals surface area contributed by atoms with Crippen molar-refractivity contribution in [3.8, 4) is 5.88 Å². The smallest absolute Gasteiger partial charge is 0.215 e. The minimum absolute atomic E-state index is 0.588. The van der Waals surface area contributed by atoms with E-state index in [0.717, 1.165) is 35.9 Å². The standard InChI is InChI=1S/C14H18ClN3O/c1-19-13-6-5-11-14(17-13)18(9-10-3-2-4-10)12(16-11)7-8-15/h5-6,10H,2-4,7-9H2,1H3. The molecule has 1 aliphatic rings. The topological polar surface area (TPSA) is 39.9 Å². The lowest BCUT2D eigenvalue weighted by molar-refractivity contribution is 0.276. The van der Waals surface area contributed by atoms with Crippen LogP contribution in [0.4, 0.5) is 0 Å². The van der Waals surface area contributed by atoms with E-state index in [1.165, 1.54) is 19.3 Å². The van der Waals surface area contributed by atoms with Crippen LogP contribution >= 0.6 is 11.6 Å². The summed E-state index contributed by atoms with van der Waals surface area (Å²) in [5.41, 5.74) is 1.85. The van der Waals surface area contributed by atoms with Crippen LogP contribution in [0.25, 0.3) is 11.2 Å². The van der Waals surface area contributed by atoms with Crippen molar-refractivity contribution >= 4 is 22.8 Å². The fourth-order valence-electron chi connectivity index (χ4n) is 2.55. The molecule has 0 N–H and O–H groups in total. The third-order valence-electron chi connectivity index (χ3n) is 3.84. The number of pyridine rings is 1. The second-order valence-corrected chi connectivity index (χ2v) is 5.45. The molecular formula is C14H18ClN3O. The van der Waals surface area contributed by atoms with E-state index in [0.29, 0.717) is 11.8 Å². The maximum Gasteiger partial charge on any atom is 0.215 e. The summed E-state index contributed by atoms with van der Waals surface area (Å²) in [6.45, 7) is 1.00. The number of ether oxygens (including phenoxy) is 1. The minimum atomic E-state index is 0.588. The van der Waals surface area contributed by atoms with Gasteiger partial charge in [0.1, 0.15) is 11.3 Å². The zero-order valence-electron chi connectivity index (χ0n) is 11.1. The molecule has 0 aromatic carbocycles. The molecule has 1 saturated carbocycles. The van der Waals surface area contributed by atoms with Crippen LogP contribution < -0.4 is 4.74 Å². The van der Waals surface area contributed by atoms with Crippen LogP contribution in [0.2, 0.25) is 0 Å². The lowest BCUT2D eigenvalue weighted by atomic mass is 9.85. The Bertz CT molecular complexity index is 577. The van der Waals surface area contributed by atoms with Gasteiger partial charge in [-0.15, -0.1) is 11.6 Å². The molecule has 0 saturated heterocycles. The van der Waals surface area contributed by atoms with Gasteiger partial charge in [-0.2, -0.15) is 4.98 Å². The molecule has 0 unspecified atom stereocenters. The molecule has 2 aromatic heterocycles. The average molecular weight is 280 g/mol. The summed E-state index contributed by atoms with van der Waals surface area (Å²) in [6.07, 6.45) is 4.75. The van der Waals surface area contributed by atoms with Crippen LogP contribution in [0, 0.1) is 5.92 Å². The molecule has 0 atom stereocenters. The van der Waals surface area contributed by atoms with Gasteiger partial charge < -0.3 is 9.30 Å². The second kappa shape index (κ2) is 5.37. The van der Waals surface area contributed by atoms with Crippen LogP contribution in [0.5, 0.6) is 5.88 Å². The van der Waals surface area contributed by atoms with Crippen LogP contribution in [-0.4, -0.2) is 27.5 Å². The van der Waals surface area contributed by atoms with Crippen LogP contribution in [0.3, 0.4) is 0 Å². The van der Waals surface area contributed by atoms with Gasteiger partial charge in [-0.1, -0.05) is 6.42 Å². The molecule has 1 fully saturated rings. The highest BCUT2D eigenvalue weighted by molar-refractivity contribution is 6.17. The van der Waals surface area contributed by atoms with Crippen molar-refractivity contribution in [1.82, 2.24) is 14.5 Å². The first-order chi connectivity index (χ1) is 9.31. The molecule has 102 valence electrons. The number of alkyl halides is 1. The first-order valence-electron chi connectivity index (χ1n) is 6.78. The van der Waals surface area contributed by atoms with E-state index in [1.807, 2.05) is 12.1 Å². The third-order valence-corrected chi connectivity index (χ3v) is 4.03. The molecule has 3 rings (SSSR count). The Balaban J connectivity index is 2.03. The highest BCUT2D eigenvalue weighted by atomic mass is 35.5. The lowest BCUT2D eigenvalue weighted by Gasteiger charge is -2.26.